The van der Waals surface area contributed by atoms with Crippen LogP contribution in [0.1, 0.15) is 49.9 Å². The van der Waals surface area contributed by atoms with Gasteiger partial charge in [0.05, 0.1) is 0 Å². The van der Waals surface area contributed by atoms with Crippen LogP contribution in [0.3, 0.4) is 0 Å². The van der Waals surface area contributed by atoms with Crippen LogP contribution in [-0.4, -0.2) is 0 Å². The molecular formula is C68H46O2. The Hall–Kier alpha value is -8.46. The monoisotopic (exact) mass is 894 g/mol. The average Bonchev–Trinajstić information content (AvgIpc) is 4.11. The molecule has 0 atom stereocenters. The lowest BCUT2D eigenvalue weighted by molar-refractivity contribution is 0.600. The van der Waals surface area contributed by atoms with E-state index in [0.29, 0.717) is 0 Å². The number of hydrogen-bond donors (Lipinski definition) is 0. The Morgan fingerprint density at radius 3 is 1.00 bits per heavy atom. The summed E-state index contributed by atoms with van der Waals surface area (Å²) in [5.41, 5.74) is 22.9. The first kappa shape index (κ1) is 39.5. The first-order valence-corrected chi connectivity index (χ1v) is 24.6. The molecule has 2 aromatic heterocycles. The number of furan rings is 2. The topological polar surface area (TPSA) is 26.3 Å². The van der Waals surface area contributed by atoms with E-state index in [4.69, 9.17) is 8.83 Å². The van der Waals surface area contributed by atoms with Crippen LogP contribution in [0.4, 0.5) is 0 Å². The molecule has 0 saturated heterocycles. The van der Waals surface area contributed by atoms with Crippen LogP contribution in [-0.2, 0) is 10.8 Å². The molecule has 13 aromatic rings. The second kappa shape index (κ2) is 14.1. The van der Waals surface area contributed by atoms with Crippen molar-refractivity contribution in [3.05, 3.63) is 229 Å². The molecule has 0 amide bonds. The number of benzene rings is 11. The average molecular weight is 895 g/mol. The molecule has 0 unspecified atom stereocenters. The highest BCUT2D eigenvalue weighted by molar-refractivity contribution is 6.23. The molecule has 0 radical (unpaired) electrons. The van der Waals surface area contributed by atoms with Gasteiger partial charge >= 0.3 is 0 Å². The van der Waals surface area contributed by atoms with Crippen LogP contribution in [0, 0.1) is 0 Å². The van der Waals surface area contributed by atoms with Crippen molar-refractivity contribution in [1.82, 2.24) is 0 Å². The lowest BCUT2D eigenvalue weighted by atomic mass is 9.72. The summed E-state index contributed by atoms with van der Waals surface area (Å²) in [6.45, 7) is 9.76. The van der Waals surface area contributed by atoms with Gasteiger partial charge in [-0.15, -0.1) is 0 Å². The SMILES string of the molecule is CC1(C)c2cc(-c3ccc(-c4ccccc4)c4ccccc34)c3c(oc4ccccc43)c2-c2ccc3c(c21)C(C)(C)c1cc(-c2ccc(-c4ccccc4)c4ccccc24)c2c(oc4ccccc42)c1-3. The molecule has 0 saturated carbocycles. The molecule has 2 heterocycles. The predicted molar refractivity (Wildman–Crippen MR) is 293 cm³/mol. The third-order valence-corrected chi connectivity index (χ3v) is 16.2. The van der Waals surface area contributed by atoms with E-state index in [2.05, 4.69) is 234 Å². The van der Waals surface area contributed by atoms with Gasteiger partial charge in [0.25, 0.3) is 0 Å². The van der Waals surface area contributed by atoms with Gasteiger partial charge in [0.15, 0.2) is 0 Å². The minimum atomic E-state index is -0.379. The zero-order valence-corrected chi connectivity index (χ0v) is 39.4. The Kier molecular flexibility index (Phi) is 7.94. The summed E-state index contributed by atoms with van der Waals surface area (Å²) >= 11 is 0. The Balaban J connectivity index is 0.986. The maximum absolute atomic E-state index is 7.16. The smallest absolute Gasteiger partial charge is 0.144 e. The molecule has 15 rings (SSSR count). The van der Waals surface area contributed by atoms with Crippen molar-refractivity contribution < 1.29 is 8.83 Å². The number of fused-ring (bicyclic) bond motifs is 17. The van der Waals surface area contributed by atoms with Crippen LogP contribution in [0.2, 0.25) is 0 Å². The summed E-state index contributed by atoms with van der Waals surface area (Å²) in [6.07, 6.45) is 0. The van der Waals surface area contributed by atoms with E-state index in [1.54, 1.807) is 0 Å². The summed E-state index contributed by atoms with van der Waals surface area (Å²) in [5, 5.41) is 9.54. The normalized spacial score (nSPS) is 14.2. The largest absolute Gasteiger partial charge is 0.455 e. The van der Waals surface area contributed by atoms with Gasteiger partial charge in [-0.1, -0.05) is 210 Å². The second-order valence-corrected chi connectivity index (χ2v) is 20.6. The molecular weight excluding hydrogens is 849 g/mol. The molecule has 2 nitrogen and oxygen atoms in total. The summed E-state index contributed by atoms with van der Waals surface area (Å²) in [7, 11) is 0. The van der Waals surface area contributed by atoms with Gasteiger partial charge < -0.3 is 8.83 Å². The van der Waals surface area contributed by atoms with E-state index in [9.17, 15) is 0 Å². The molecule has 11 aromatic carbocycles. The van der Waals surface area contributed by atoms with Crippen LogP contribution in [0.15, 0.2) is 215 Å². The van der Waals surface area contributed by atoms with E-state index in [-0.39, 0.29) is 10.8 Å². The van der Waals surface area contributed by atoms with E-state index in [0.717, 1.165) is 43.9 Å². The van der Waals surface area contributed by atoms with E-state index in [1.165, 1.54) is 111 Å². The first-order chi connectivity index (χ1) is 34.3. The van der Waals surface area contributed by atoms with Crippen molar-refractivity contribution in [2.45, 2.75) is 38.5 Å². The zero-order valence-electron chi connectivity index (χ0n) is 39.4. The number of para-hydroxylation sites is 2. The number of hydrogen-bond acceptors (Lipinski definition) is 2. The fourth-order valence-corrected chi connectivity index (χ4v) is 13.1. The standard InChI is InChI=1S/C68H46O2/c1-67(2)55-37-53(47-33-31-41(39-19-7-5-8-20-39)43-23-11-13-25-45(43)47)59-49-27-15-17-29-57(49)69-65(59)61(55)51-35-36-52-62-56(68(3,4)64(52)63(51)67)38-54(60-50-28-16-18-30-58(50)70-66(60)62)48-34-32-42(40-21-9-6-10-22-40)44-24-12-14-26-46(44)48/h5-38H,1-4H3. The first-order valence-electron chi connectivity index (χ1n) is 24.6. The Morgan fingerprint density at radius 1 is 0.286 bits per heavy atom. The second-order valence-electron chi connectivity index (χ2n) is 20.6. The van der Waals surface area contributed by atoms with Crippen LogP contribution >= 0.6 is 0 Å². The quantitative estimate of drug-likeness (QED) is 0.176. The molecule has 70 heavy (non-hydrogen) atoms. The van der Waals surface area contributed by atoms with Gasteiger partial charge in [-0.3, -0.25) is 0 Å². The van der Waals surface area contributed by atoms with Gasteiger partial charge in [0.2, 0.25) is 0 Å². The third-order valence-electron chi connectivity index (χ3n) is 16.2. The molecule has 0 fully saturated rings. The van der Waals surface area contributed by atoms with Crippen molar-refractivity contribution in [2.75, 3.05) is 0 Å². The van der Waals surface area contributed by atoms with E-state index < -0.39 is 0 Å². The highest BCUT2D eigenvalue weighted by atomic mass is 16.3. The predicted octanol–water partition coefficient (Wildman–Crippen LogP) is 19.1. The van der Waals surface area contributed by atoms with E-state index >= 15 is 0 Å². The van der Waals surface area contributed by atoms with Crippen LogP contribution in [0.5, 0.6) is 0 Å². The molecule has 2 heteroatoms. The van der Waals surface area contributed by atoms with Crippen LogP contribution < -0.4 is 0 Å². The Bertz CT molecular complexity index is 4100. The van der Waals surface area contributed by atoms with Crippen molar-refractivity contribution in [2.24, 2.45) is 0 Å². The van der Waals surface area contributed by atoms with Gasteiger partial charge in [0, 0.05) is 43.5 Å². The lowest BCUT2D eigenvalue weighted by Gasteiger charge is -2.31. The van der Waals surface area contributed by atoms with Gasteiger partial charge in [-0.2, -0.15) is 0 Å². The molecule has 0 N–H and O–H groups in total. The molecule has 2 aliphatic rings. The minimum absolute atomic E-state index is 0.379. The molecule has 0 aliphatic heterocycles. The summed E-state index contributed by atoms with van der Waals surface area (Å²) in [6, 6.07) is 75.6. The lowest BCUT2D eigenvalue weighted by Crippen LogP contribution is -2.24. The third kappa shape index (κ3) is 5.18. The maximum atomic E-state index is 7.16. The van der Waals surface area contributed by atoms with Crippen molar-refractivity contribution in [3.63, 3.8) is 0 Å². The van der Waals surface area contributed by atoms with Gasteiger partial charge in [-0.05, 0) is 124 Å². The molecule has 330 valence electrons. The number of rotatable bonds is 4. The fraction of sp³-hybridized carbons (Fsp3) is 0.0882. The van der Waals surface area contributed by atoms with E-state index in [1.807, 2.05) is 0 Å². The van der Waals surface area contributed by atoms with Gasteiger partial charge in [0.1, 0.15) is 22.3 Å². The maximum Gasteiger partial charge on any atom is 0.144 e. The zero-order chi connectivity index (χ0) is 46.6. The highest BCUT2D eigenvalue weighted by Gasteiger charge is 2.48. The van der Waals surface area contributed by atoms with Crippen LogP contribution in [0.25, 0.3) is 132 Å². The van der Waals surface area contributed by atoms with Crippen molar-refractivity contribution >= 4 is 65.4 Å². The summed E-state index contributed by atoms with van der Waals surface area (Å²) in [4.78, 5) is 0. The molecule has 2 aliphatic carbocycles. The molecule has 0 bridgehead atoms. The summed E-state index contributed by atoms with van der Waals surface area (Å²) in [5.74, 6) is 0. The fourth-order valence-electron chi connectivity index (χ4n) is 13.1. The summed E-state index contributed by atoms with van der Waals surface area (Å²) < 4.78 is 14.3. The van der Waals surface area contributed by atoms with Gasteiger partial charge in [-0.25, -0.2) is 0 Å². The van der Waals surface area contributed by atoms with Crippen molar-refractivity contribution in [1.29, 1.82) is 0 Å². The molecule has 0 spiro atoms. The highest BCUT2D eigenvalue weighted by Crippen LogP contribution is 2.63. The minimum Gasteiger partial charge on any atom is -0.455 e. The Labute approximate surface area is 406 Å². The van der Waals surface area contributed by atoms with Crippen molar-refractivity contribution in [3.8, 4) is 66.8 Å². The Morgan fingerprint density at radius 2 is 0.600 bits per heavy atom.